The fourth-order valence-electron chi connectivity index (χ4n) is 2.01. The van der Waals surface area contributed by atoms with Gasteiger partial charge in [0.2, 0.25) is 10.0 Å². The molecule has 0 saturated heterocycles. The van der Waals surface area contributed by atoms with Crippen LogP contribution in [0.4, 0.5) is 0 Å². The Balaban J connectivity index is 3.55. The van der Waals surface area contributed by atoms with Crippen molar-refractivity contribution in [1.82, 2.24) is 4.39 Å². The monoisotopic (exact) mass is 387 g/mol. The Labute approximate surface area is 153 Å². The van der Waals surface area contributed by atoms with Crippen LogP contribution in [-0.2, 0) is 21.2 Å². The van der Waals surface area contributed by atoms with Gasteiger partial charge in [-0.25, -0.2) is 12.8 Å². The molecule has 0 saturated carbocycles. The molecule has 0 amide bonds. The van der Waals surface area contributed by atoms with Gasteiger partial charge in [0.15, 0.2) is 0 Å². The molecule has 0 aromatic heterocycles. The first kappa shape index (κ1) is 22.3. The van der Waals surface area contributed by atoms with Crippen LogP contribution >= 0.6 is 0 Å². The molecule has 3 N–H and O–H groups in total. The zero-order valence-electron chi connectivity index (χ0n) is 16.9. The second-order valence-corrected chi connectivity index (χ2v) is 16.4. The standard InChI is InChI=1S/C18H33NO4SSi/c1-16(2,3)25(8,9)19-24(22,23)15-11-13(17(4,5)20)10-14(12-15)18(6,7)21/h10-12,19-21H,1-9H3. The van der Waals surface area contributed by atoms with E-state index < -0.39 is 29.5 Å². The van der Waals surface area contributed by atoms with E-state index in [1.165, 1.54) is 12.1 Å². The summed E-state index contributed by atoms with van der Waals surface area (Å²) in [6.45, 7) is 16.4. The first-order chi connectivity index (χ1) is 10.8. The molecule has 5 nitrogen and oxygen atoms in total. The Morgan fingerprint density at radius 2 is 1.20 bits per heavy atom. The van der Waals surface area contributed by atoms with Crippen molar-refractivity contribution in [3.8, 4) is 0 Å². The van der Waals surface area contributed by atoms with E-state index in [4.69, 9.17) is 0 Å². The number of nitrogens with one attached hydrogen (secondary N) is 1. The second-order valence-electron chi connectivity index (χ2n) is 9.34. The first-order valence-corrected chi connectivity index (χ1v) is 12.9. The summed E-state index contributed by atoms with van der Waals surface area (Å²) >= 11 is 0. The van der Waals surface area contributed by atoms with Crippen molar-refractivity contribution >= 4 is 18.3 Å². The van der Waals surface area contributed by atoms with Crippen molar-refractivity contribution in [3.05, 3.63) is 29.3 Å². The fourth-order valence-corrected chi connectivity index (χ4v) is 6.96. The maximum atomic E-state index is 13.0. The second kappa shape index (κ2) is 6.46. The van der Waals surface area contributed by atoms with Crippen LogP contribution in [0.2, 0.25) is 18.1 Å². The predicted octanol–water partition coefficient (Wildman–Crippen LogP) is 3.42. The summed E-state index contributed by atoms with van der Waals surface area (Å²) in [6, 6.07) is 4.60. The zero-order chi connectivity index (χ0) is 20.1. The van der Waals surface area contributed by atoms with Gasteiger partial charge < -0.3 is 10.2 Å². The Kier molecular flexibility index (Phi) is 5.76. The highest BCUT2D eigenvalue weighted by molar-refractivity contribution is 7.91. The van der Waals surface area contributed by atoms with Crippen LogP contribution in [0, 0.1) is 0 Å². The zero-order valence-corrected chi connectivity index (χ0v) is 18.7. The third-order valence-electron chi connectivity index (χ3n) is 4.89. The van der Waals surface area contributed by atoms with Gasteiger partial charge in [-0.2, -0.15) is 0 Å². The average molecular weight is 388 g/mol. The summed E-state index contributed by atoms with van der Waals surface area (Å²) in [7, 11) is -6.09. The number of sulfonamides is 1. The van der Waals surface area contributed by atoms with Crippen LogP contribution in [0.3, 0.4) is 0 Å². The van der Waals surface area contributed by atoms with E-state index in [0.29, 0.717) is 11.1 Å². The maximum absolute atomic E-state index is 13.0. The number of rotatable bonds is 5. The highest BCUT2D eigenvalue weighted by Crippen LogP contribution is 2.36. The van der Waals surface area contributed by atoms with Gasteiger partial charge in [0, 0.05) is 0 Å². The van der Waals surface area contributed by atoms with Crippen molar-refractivity contribution in [1.29, 1.82) is 0 Å². The van der Waals surface area contributed by atoms with E-state index in [1.54, 1.807) is 33.8 Å². The summed E-state index contributed by atoms with van der Waals surface area (Å²) in [5.41, 5.74) is -1.55. The molecule has 25 heavy (non-hydrogen) atoms. The minimum absolute atomic E-state index is 0.0640. The van der Waals surface area contributed by atoms with Crippen molar-refractivity contribution in [2.75, 3.05) is 0 Å². The van der Waals surface area contributed by atoms with Gasteiger partial charge >= 0.3 is 0 Å². The first-order valence-electron chi connectivity index (χ1n) is 8.42. The van der Waals surface area contributed by atoms with Crippen LogP contribution in [0.1, 0.15) is 59.6 Å². The summed E-state index contributed by atoms with van der Waals surface area (Å²) in [6.07, 6.45) is 0. The molecule has 0 aliphatic carbocycles. The van der Waals surface area contributed by atoms with Gasteiger partial charge in [-0.3, -0.25) is 0 Å². The highest BCUT2D eigenvalue weighted by Gasteiger charge is 2.40. The van der Waals surface area contributed by atoms with Gasteiger partial charge in [-0.15, -0.1) is 0 Å². The van der Waals surface area contributed by atoms with Crippen molar-refractivity contribution < 1.29 is 18.6 Å². The highest BCUT2D eigenvalue weighted by atomic mass is 32.2. The van der Waals surface area contributed by atoms with Crippen molar-refractivity contribution in [2.24, 2.45) is 0 Å². The van der Waals surface area contributed by atoms with Gasteiger partial charge in [0.25, 0.3) is 0 Å². The van der Waals surface area contributed by atoms with Crippen LogP contribution in [0.15, 0.2) is 23.1 Å². The Hall–Kier alpha value is -0.733. The summed E-state index contributed by atoms with van der Waals surface area (Å²) in [4.78, 5) is 0.0640. The smallest absolute Gasteiger partial charge is 0.234 e. The molecule has 7 heteroatoms. The third kappa shape index (κ3) is 5.37. The lowest BCUT2D eigenvalue weighted by atomic mass is 9.91. The normalized spacial score (nSPS) is 14.7. The molecule has 1 rings (SSSR count). The van der Waals surface area contributed by atoms with Crippen LogP contribution in [0.5, 0.6) is 0 Å². The molecular formula is C18H33NO4SSi. The van der Waals surface area contributed by atoms with Crippen molar-refractivity contribution in [3.63, 3.8) is 0 Å². The fraction of sp³-hybridized carbons (Fsp3) is 0.667. The summed E-state index contributed by atoms with van der Waals surface area (Å²) in [5.74, 6) is 0. The Morgan fingerprint density at radius 1 is 0.840 bits per heavy atom. The Bertz CT molecular complexity index is 704. The van der Waals surface area contributed by atoms with E-state index in [1.807, 2.05) is 33.9 Å². The van der Waals surface area contributed by atoms with E-state index >= 15 is 0 Å². The summed E-state index contributed by atoms with van der Waals surface area (Å²) < 4.78 is 28.9. The van der Waals surface area contributed by atoms with Crippen LogP contribution < -0.4 is 4.39 Å². The van der Waals surface area contributed by atoms with Crippen LogP contribution in [0.25, 0.3) is 0 Å². The molecule has 0 bridgehead atoms. The van der Waals surface area contributed by atoms with Gasteiger partial charge in [-0.05, 0) is 56.0 Å². The molecule has 0 heterocycles. The lowest BCUT2D eigenvalue weighted by molar-refractivity contribution is 0.0713. The number of hydrogen-bond donors (Lipinski definition) is 3. The lowest BCUT2D eigenvalue weighted by Gasteiger charge is -2.37. The largest absolute Gasteiger partial charge is 0.386 e. The minimum Gasteiger partial charge on any atom is -0.386 e. The molecule has 0 aliphatic rings. The molecule has 0 spiro atoms. The van der Waals surface area contributed by atoms with Gasteiger partial charge in [-0.1, -0.05) is 39.9 Å². The topological polar surface area (TPSA) is 86.6 Å². The average Bonchev–Trinajstić information content (AvgIpc) is 2.33. The van der Waals surface area contributed by atoms with E-state index in [0.717, 1.165) is 0 Å². The van der Waals surface area contributed by atoms with E-state index in [2.05, 4.69) is 4.39 Å². The molecule has 0 radical (unpaired) electrons. The molecule has 0 fully saturated rings. The van der Waals surface area contributed by atoms with E-state index in [9.17, 15) is 18.6 Å². The third-order valence-corrected chi connectivity index (χ3v) is 12.6. The quantitative estimate of drug-likeness (QED) is 0.676. The molecule has 0 unspecified atom stereocenters. The molecule has 0 atom stereocenters. The predicted molar refractivity (Wildman–Crippen MR) is 104 cm³/mol. The number of benzene rings is 1. The number of aliphatic hydroxyl groups is 2. The number of hydrogen-bond acceptors (Lipinski definition) is 4. The minimum atomic E-state index is -3.78. The van der Waals surface area contributed by atoms with Gasteiger partial charge in [0.05, 0.1) is 16.1 Å². The van der Waals surface area contributed by atoms with E-state index in [-0.39, 0.29) is 9.93 Å². The Morgan fingerprint density at radius 3 is 1.48 bits per heavy atom. The van der Waals surface area contributed by atoms with Crippen LogP contribution in [-0.4, -0.2) is 26.9 Å². The molecule has 144 valence electrons. The summed E-state index contributed by atoms with van der Waals surface area (Å²) in [5, 5.41) is 20.5. The van der Waals surface area contributed by atoms with Gasteiger partial charge in [0.1, 0.15) is 8.24 Å². The SMILES string of the molecule is CC(C)(O)c1cc(C(C)(C)O)cc(S(=O)(=O)N[Si](C)(C)C(C)(C)C)c1. The molecule has 1 aromatic rings. The maximum Gasteiger partial charge on any atom is 0.234 e. The lowest BCUT2D eigenvalue weighted by Crippen LogP contribution is -2.54. The molecule has 0 aliphatic heterocycles. The molecule has 1 aromatic carbocycles. The van der Waals surface area contributed by atoms with Crippen molar-refractivity contribution in [2.45, 2.75) is 82.7 Å². The molecular weight excluding hydrogens is 354 g/mol.